The van der Waals surface area contributed by atoms with E-state index in [1.54, 1.807) is 66.9 Å². The van der Waals surface area contributed by atoms with E-state index in [-0.39, 0.29) is 5.75 Å². The topological polar surface area (TPSA) is 68.1 Å². The highest BCUT2D eigenvalue weighted by Gasteiger charge is 2.32. The summed E-state index contributed by atoms with van der Waals surface area (Å²) in [7, 11) is 0. The number of rotatable bonds is 7. The number of hydrogen-bond donors (Lipinski definition) is 1. The third-order valence-corrected chi connectivity index (χ3v) is 3.87. The van der Waals surface area contributed by atoms with Gasteiger partial charge in [0.2, 0.25) is 0 Å². The van der Waals surface area contributed by atoms with Crippen LogP contribution in [0.4, 0.5) is 18.9 Å². The van der Waals surface area contributed by atoms with Crippen LogP contribution in [0.2, 0.25) is 0 Å². The van der Waals surface area contributed by atoms with Crippen molar-refractivity contribution >= 4 is 17.9 Å². The van der Waals surface area contributed by atoms with Gasteiger partial charge in [0.05, 0.1) is 5.69 Å². The van der Waals surface area contributed by atoms with Gasteiger partial charge >= 0.3 is 12.3 Å². The number of aliphatic carboxylic acids is 1. The van der Waals surface area contributed by atoms with Gasteiger partial charge in [-0.2, -0.15) is 0 Å². The molecule has 0 spiro atoms. The second-order valence-corrected chi connectivity index (χ2v) is 6.10. The number of nitrogens with zero attached hydrogens (tertiary/aromatic N) is 1. The molecule has 8 heteroatoms. The largest absolute Gasteiger partial charge is 0.573 e. The van der Waals surface area contributed by atoms with Crippen LogP contribution in [0.5, 0.6) is 11.5 Å². The van der Waals surface area contributed by atoms with E-state index in [1.807, 2.05) is 0 Å². The molecule has 0 aromatic heterocycles. The van der Waals surface area contributed by atoms with Crippen molar-refractivity contribution < 1.29 is 32.5 Å². The number of para-hydroxylation sites is 1. The van der Waals surface area contributed by atoms with Gasteiger partial charge in [-0.05, 0) is 47.5 Å². The quantitative estimate of drug-likeness (QED) is 0.520. The smallest absolute Gasteiger partial charge is 0.482 e. The molecule has 0 aliphatic heterocycles. The minimum absolute atomic E-state index is 0.281. The van der Waals surface area contributed by atoms with Gasteiger partial charge in [0, 0.05) is 11.8 Å². The zero-order valence-corrected chi connectivity index (χ0v) is 15.5. The van der Waals surface area contributed by atoms with Gasteiger partial charge in [-0.3, -0.25) is 4.99 Å². The van der Waals surface area contributed by atoms with Crippen molar-refractivity contribution in [3.05, 3.63) is 78.4 Å². The van der Waals surface area contributed by atoms with E-state index in [4.69, 9.17) is 9.84 Å². The molecule has 0 aliphatic carbocycles. The molecule has 0 heterocycles. The zero-order valence-electron chi connectivity index (χ0n) is 15.5. The number of hydrogen-bond acceptors (Lipinski definition) is 4. The lowest BCUT2D eigenvalue weighted by molar-refractivity contribution is -0.274. The highest BCUT2D eigenvalue weighted by molar-refractivity contribution is 5.85. The van der Waals surface area contributed by atoms with Crippen molar-refractivity contribution in [3.8, 4) is 22.6 Å². The van der Waals surface area contributed by atoms with Crippen molar-refractivity contribution in [2.75, 3.05) is 6.61 Å². The molecule has 1 N–H and O–H groups in total. The number of benzene rings is 3. The summed E-state index contributed by atoms with van der Waals surface area (Å²) in [4.78, 5) is 14.8. The van der Waals surface area contributed by atoms with Gasteiger partial charge in [0.25, 0.3) is 0 Å². The van der Waals surface area contributed by atoms with Crippen LogP contribution in [0.25, 0.3) is 11.1 Å². The van der Waals surface area contributed by atoms with Crippen molar-refractivity contribution in [1.82, 2.24) is 0 Å². The maximum atomic E-state index is 12.7. The van der Waals surface area contributed by atoms with E-state index >= 15 is 0 Å². The van der Waals surface area contributed by atoms with Gasteiger partial charge in [0.1, 0.15) is 11.5 Å². The summed E-state index contributed by atoms with van der Waals surface area (Å²) in [6, 6.07) is 19.3. The molecule has 0 aliphatic rings. The normalized spacial score (nSPS) is 11.4. The lowest BCUT2D eigenvalue weighted by Crippen LogP contribution is -2.17. The molecule has 30 heavy (non-hydrogen) atoms. The van der Waals surface area contributed by atoms with Crippen LogP contribution in [-0.4, -0.2) is 30.3 Å². The molecule has 0 bridgehead atoms. The highest BCUT2D eigenvalue weighted by Crippen LogP contribution is 2.33. The number of ether oxygens (including phenoxy) is 2. The molecule has 3 aromatic rings. The molecule has 0 radical (unpaired) electrons. The van der Waals surface area contributed by atoms with Crippen LogP contribution in [0, 0.1) is 0 Å². The van der Waals surface area contributed by atoms with Gasteiger partial charge in [0.15, 0.2) is 6.61 Å². The summed E-state index contributed by atoms with van der Waals surface area (Å²) in [6.07, 6.45) is -3.21. The van der Waals surface area contributed by atoms with Crippen LogP contribution < -0.4 is 9.47 Å². The van der Waals surface area contributed by atoms with E-state index < -0.39 is 18.9 Å². The number of halogens is 3. The van der Waals surface area contributed by atoms with Gasteiger partial charge < -0.3 is 14.6 Å². The molecule has 154 valence electrons. The fourth-order valence-corrected chi connectivity index (χ4v) is 2.63. The molecule has 0 saturated heterocycles. The van der Waals surface area contributed by atoms with E-state index in [9.17, 15) is 18.0 Å². The Kier molecular flexibility index (Phi) is 6.36. The van der Waals surface area contributed by atoms with Crippen LogP contribution in [0.15, 0.2) is 77.8 Å². The number of carbonyl (C=O) groups is 1. The molecule has 3 rings (SSSR count). The number of alkyl halides is 3. The first-order chi connectivity index (χ1) is 14.3. The minimum atomic E-state index is -4.78. The number of carboxylic acids is 1. The fourth-order valence-electron chi connectivity index (χ4n) is 2.63. The Morgan fingerprint density at radius 2 is 1.73 bits per heavy atom. The lowest BCUT2D eigenvalue weighted by Gasteiger charge is -2.13. The summed E-state index contributed by atoms with van der Waals surface area (Å²) in [5, 5.41) is 8.61. The van der Waals surface area contributed by atoms with Crippen LogP contribution in [0.1, 0.15) is 5.56 Å². The van der Waals surface area contributed by atoms with Crippen LogP contribution in [-0.2, 0) is 4.79 Å². The molecule has 3 aromatic carbocycles. The molecule has 0 amide bonds. The third-order valence-electron chi connectivity index (χ3n) is 3.87. The number of aliphatic imine (C=N–C) groups is 1. The molecule has 0 saturated carbocycles. The summed E-state index contributed by atoms with van der Waals surface area (Å²) >= 11 is 0. The predicted molar refractivity (Wildman–Crippen MR) is 105 cm³/mol. The monoisotopic (exact) mass is 415 g/mol. The summed E-state index contributed by atoms with van der Waals surface area (Å²) in [5.41, 5.74) is 2.14. The van der Waals surface area contributed by atoms with Crippen molar-refractivity contribution in [3.63, 3.8) is 0 Å². The van der Waals surface area contributed by atoms with E-state index in [1.165, 1.54) is 12.1 Å². The highest BCUT2D eigenvalue weighted by atomic mass is 19.4. The van der Waals surface area contributed by atoms with E-state index in [0.29, 0.717) is 28.1 Å². The fraction of sp³-hybridized carbons (Fsp3) is 0.0909. The first kappa shape index (κ1) is 20.9. The van der Waals surface area contributed by atoms with Crippen LogP contribution >= 0.6 is 0 Å². The molecular formula is C22H16F3NO4. The first-order valence-corrected chi connectivity index (χ1v) is 8.74. The average Bonchev–Trinajstić information content (AvgIpc) is 2.71. The van der Waals surface area contributed by atoms with E-state index in [2.05, 4.69) is 9.73 Å². The second-order valence-electron chi connectivity index (χ2n) is 6.10. The standard InChI is InChI=1S/C22H16F3NO4/c23-22(24,25)30-20-7-2-1-6-19(20)16-5-3-4-15(12-16)13-26-17-8-10-18(11-9-17)29-14-21(27)28/h1-13H,14H2,(H,27,28). The molecule has 5 nitrogen and oxygen atoms in total. The minimum Gasteiger partial charge on any atom is -0.482 e. The number of carboxylic acid groups (broad SMARTS) is 1. The first-order valence-electron chi connectivity index (χ1n) is 8.74. The zero-order chi connectivity index (χ0) is 21.6. The van der Waals surface area contributed by atoms with E-state index in [0.717, 1.165) is 0 Å². The Morgan fingerprint density at radius 1 is 1.00 bits per heavy atom. The molecule has 0 unspecified atom stereocenters. The molecular weight excluding hydrogens is 399 g/mol. The average molecular weight is 415 g/mol. The Balaban J connectivity index is 1.77. The van der Waals surface area contributed by atoms with Gasteiger partial charge in [-0.25, -0.2) is 4.79 Å². The SMILES string of the molecule is O=C(O)COc1ccc(N=Cc2cccc(-c3ccccc3OC(F)(F)F)c2)cc1. The Bertz CT molecular complexity index is 1050. The van der Waals surface area contributed by atoms with Crippen molar-refractivity contribution in [1.29, 1.82) is 0 Å². The maximum Gasteiger partial charge on any atom is 0.573 e. The molecule has 0 atom stereocenters. The summed E-state index contributed by atoms with van der Waals surface area (Å²) in [5.74, 6) is -0.949. The molecule has 0 fully saturated rings. The second kappa shape index (κ2) is 9.13. The lowest BCUT2D eigenvalue weighted by atomic mass is 10.0. The van der Waals surface area contributed by atoms with Crippen molar-refractivity contribution in [2.24, 2.45) is 4.99 Å². The summed E-state index contributed by atoms with van der Waals surface area (Å²) in [6.45, 7) is -0.436. The Morgan fingerprint density at radius 3 is 2.43 bits per heavy atom. The Hall–Kier alpha value is -3.81. The maximum absolute atomic E-state index is 12.7. The van der Waals surface area contributed by atoms with Gasteiger partial charge in [-0.15, -0.1) is 13.2 Å². The summed E-state index contributed by atoms with van der Waals surface area (Å²) < 4.78 is 47.2. The van der Waals surface area contributed by atoms with Gasteiger partial charge in [-0.1, -0.05) is 36.4 Å². The Labute approximate surface area is 170 Å². The predicted octanol–water partition coefficient (Wildman–Crippen LogP) is 5.47. The third kappa shape index (κ3) is 6.10. The van der Waals surface area contributed by atoms with Crippen molar-refractivity contribution in [2.45, 2.75) is 6.36 Å². The van der Waals surface area contributed by atoms with Crippen LogP contribution in [0.3, 0.4) is 0 Å².